The maximum absolute atomic E-state index is 12.2. The summed E-state index contributed by atoms with van der Waals surface area (Å²) in [5.41, 5.74) is 6.62. The summed E-state index contributed by atoms with van der Waals surface area (Å²) in [5, 5.41) is 2.53. The molecule has 4 nitrogen and oxygen atoms in total. The zero-order valence-electron chi connectivity index (χ0n) is 11.7. The summed E-state index contributed by atoms with van der Waals surface area (Å²) in [7, 11) is 0. The molecule has 1 rings (SSSR count). The highest BCUT2D eigenvalue weighted by atomic mass is 35.5. The summed E-state index contributed by atoms with van der Waals surface area (Å²) < 4.78 is 41.3. The summed E-state index contributed by atoms with van der Waals surface area (Å²) in [6.07, 6.45) is -4.41. The lowest BCUT2D eigenvalue weighted by Crippen LogP contribution is -2.37. The Balaban J connectivity index is 0.00000400. The van der Waals surface area contributed by atoms with Crippen molar-refractivity contribution in [2.75, 3.05) is 6.61 Å². The molecule has 0 aromatic heterocycles. The number of rotatable bonds is 5. The molecule has 0 aliphatic heterocycles. The summed E-state index contributed by atoms with van der Waals surface area (Å²) in [6.45, 7) is 1.95. The molecular formula is C13H18ClF3N2O2. The lowest BCUT2D eigenvalue weighted by Gasteiger charge is -2.15. The van der Waals surface area contributed by atoms with Crippen LogP contribution >= 0.6 is 12.4 Å². The van der Waals surface area contributed by atoms with Gasteiger partial charge in [-0.25, -0.2) is 0 Å². The average Bonchev–Trinajstić information content (AvgIpc) is 2.33. The predicted molar refractivity (Wildman–Crippen MR) is 75.5 cm³/mol. The number of halogens is 4. The topological polar surface area (TPSA) is 64.4 Å². The van der Waals surface area contributed by atoms with E-state index in [9.17, 15) is 18.0 Å². The second-order valence-electron chi connectivity index (χ2n) is 4.52. The highest BCUT2D eigenvalue weighted by Gasteiger charge is 2.28. The van der Waals surface area contributed by atoms with Crippen molar-refractivity contribution >= 4 is 18.3 Å². The second kappa shape index (κ2) is 8.09. The Morgan fingerprint density at radius 2 is 2.05 bits per heavy atom. The van der Waals surface area contributed by atoms with Gasteiger partial charge in [-0.3, -0.25) is 4.79 Å². The number of hydrogen-bond donors (Lipinski definition) is 2. The van der Waals surface area contributed by atoms with Gasteiger partial charge in [0.05, 0.1) is 6.04 Å². The Labute approximate surface area is 127 Å². The molecule has 0 bridgehead atoms. The number of nitrogens with two attached hydrogens (primary N) is 1. The third-order valence-electron chi connectivity index (χ3n) is 2.48. The van der Waals surface area contributed by atoms with Crippen LogP contribution in [0.1, 0.15) is 18.1 Å². The number of alkyl halides is 3. The monoisotopic (exact) mass is 326 g/mol. The minimum absolute atomic E-state index is 0. The van der Waals surface area contributed by atoms with Gasteiger partial charge in [0.1, 0.15) is 5.75 Å². The van der Waals surface area contributed by atoms with E-state index in [1.807, 2.05) is 0 Å². The lowest BCUT2D eigenvalue weighted by atomic mass is 10.1. The average molecular weight is 327 g/mol. The van der Waals surface area contributed by atoms with Crippen LogP contribution in [0, 0.1) is 6.92 Å². The Bertz CT molecular complexity index is 479. The summed E-state index contributed by atoms with van der Waals surface area (Å²) >= 11 is 0. The van der Waals surface area contributed by atoms with E-state index in [1.54, 1.807) is 19.1 Å². The van der Waals surface area contributed by atoms with E-state index in [2.05, 4.69) is 5.32 Å². The first-order valence-electron chi connectivity index (χ1n) is 6.01. The minimum atomic E-state index is -4.41. The van der Waals surface area contributed by atoms with Gasteiger partial charge in [0.25, 0.3) is 0 Å². The van der Waals surface area contributed by atoms with Gasteiger partial charge in [-0.15, -0.1) is 12.4 Å². The third kappa shape index (κ3) is 7.19. The summed E-state index contributed by atoms with van der Waals surface area (Å²) in [5.74, 6) is -0.278. The fraction of sp³-hybridized carbons (Fsp3) is 0.462. The van der Waals surface area contributed by atoms with Crippen molar-refractivity contribution in [3.63, 3.8) is 0 Å². The second-order valence-corrected chi connectivity index (χ2v) is 4.52. The predicted octanol–water partition coefficient (Wildman–Crippen LogP) is 2.32. The molecule has 0 radical (unpaired) electrons. The van der Waals surface area contributed by atoms with Crippen LogP contribution in [0.4, 0.5) is 13.2 Å². The Hall–Kier alpha value is -1.47. The Kier molecular flexibility index (Phi) is 7.52. The number of carbonyl (C=O) groups excluding carboxylic acids is 1. The molecule has 1 aromatic rings. The van der Waals surface area contributed by atoms with Crippen LogP contribution in [0.3, 0.4) is 0 Å². The van der Waals surface area contributed by atoms with Crippen LogP contribution in [-0.4, -0.2) is 24.7 Å². The molecule has 0 aliphatic rings. The van der Waals surface area contributed by atoms with Crippen molar-refractivity contribution in [1.29, 1.82) is 0 Å². The number of aryl methyl sites for hydroxylation is 1. The highest BCUT2D eigenvalue weighted by molar-refractivity contribution is 5.85. The number of carbonyl (C=O) groups is 1. The maximum atomic E-state index is 12.2. The van der Waals surface area contributed by atoms with Gasteiger partial charge in [0.15, 0.2) is 6.61 Å². The molecule has 8 heteroatoms. The number of ether oxygens (including phenoxy) is 1. The standard InChI is InChI=1S/C13H17F3N2O2.ClH/c1-8-3-4-10(6-18-12(19)9(2)17)11(5-8)20-7-13(14,15)16;/h3-5,9H,6-7,17H2,1-2H3,(H,18,19);1H/t9-;/m1./s1. The van der Waals surface area contributed by atoms with Crippen molar-refractivity contribution in [2.45, 2.75) is 32.6 Å². The van der Waals surface area contributed by atoms with E-state index in [4.69, 9.17) is 10.5 Å². The smallest absolute Gasteiger partial charge is 0.422 e. The van der Waals surface area contributed by atoms with Crippen molar-refractivity contribution in [1.82, 2.24) is 5.32 Å². The van der Waals surface area contributed by atoms with Crippen LogP contribution in [0.5, 0.6) is 5.75 Å². The molecule has 1 aromatic carbocycles. The van der Waals surface area contributed by atoms with Gasteiger partial charge < -0.3 is 15.8 Å². The van der Waals surface area contributed by atoms with Crippen LogP contribution < -0.4 is 15.8 Å². The molecule has 21 heavy (non-hydrogen) atoms. The van der Waals surface area contributed by atoms with Gasteiger partial charge in [0, 0.05) is 12.1 Å². The van der Waals surface area contributed by atoms with E-state index >= 15 is 0 Å². The van der Waals surface area contributed by atoms with E-state index in [0.29, 0.717) is 5.56 Å². The van der Waals surface area contributed by atoms with Crippen LogP contribution in [0.25, 0.3) is 0 Å². The van der Waals surface area contributed by atoms with Gasteiger partial charge >= 0.3 is 6.18 Å². The molecule has 0 unspecified atom stereocenters. The van der Waals surface area contributed by atoms with Gasteiger partial charge in [0.2, 0.25) is 5.91 Å². The van der Waals surface area contributed by atoms with E-state index in [1.165, 1.54) is 13.0 Å². The van der Waals surface area contributed by atoms with Crippen LogP contribution in [-0.2, 0) is 11.3 Å². The molecule has 3 N–H and O–H groups in total. The van der Waals surface area contributed by atoms with Crippen LogP contribution in [0.15, 0.2) is 18.2 Å². The minimum Gasteiger partial charge on any atom is -0.484 e. The van der Waals surface area contributed by atoms with Crippen molar-refractivity contribution in [3.8, 4) is 5.75 Å². The summed E-state index contributed by atoms with van der Waals surface area (Å²) in [6, 6.07) is 4.16. The first kappa shape index (κ1) is 19.5. The fourth-order valence-corrected chi connectivity index (χ4v) is 1.45. The lowest BCUT2D eigenvalue weighted by molar-refractivity contribution is -0.153. The molecule has 0 spiro atoms. The zero-order chi connectivity index (χ0) is 15.3. The maximum Gasteiger partial charge on any atom is 0.422 e. The van der Waals surface area contributed by atoms with Crippen molar-refractivity contribution < 1.29 is 22.7 Å². The normalized spacial score (nSPS) is 12.3. The van der Waals surface area contributed by atoms with Crippen molar-refractivity contribution in [2.24, 2.45) is 5.73 Å². The summed E-state index contributed by atoms with van der Waals surface area (Å²) in [4.78, 5) is 11.4. The van der Waals surface area contributed by atoms with E-state index < -0.39 is 18.8 Å². The van der Waals surface area contributed by atoms with E-state index in [0.717, 1.165) is 5.56 Å². The van der Waals surface area contributed by atoms with E-state index in [-0.39, 0.29) is 30.6 Å². The van der Waals surface area contributed by atoms with Crippen molar-refractivity contribution in [3.05, 3.63) is 29.3 Å². The van der Waals surface area contributed by atoms with Crippen LogP contribution in [0.2, 0.25) is 0 Å². The third-order valence-corrected chi connectivity index (χ3v) is 2.48. The molecule has 0 saturated heterocycles. The van der Waals surface area contributed by atoms with Gasteiger partial charge in [-0.1, -0.05) is 12.1 Å². The number of hydrogen-bond acceptors (Lipinski definition) is 3. The highest BCUT2D eigenvalue weighted by Crippen LogP contribution is 2.23. The molecule has 0 aliphatic carbocycles. The van der Waals surface area contributed by atoms with Gasteiger partial charge in [-0.05, 0) is 25.5 Å². The number of amides is 1. The quantitative estimate of drug-likeness (QED) is 0.873. The SMILES string of the molecule is Cc1ccc(CNC(=O)[C@@H](C)N)c(OCC(F)(F)F)c1.Cl. The molecule has 120 valence electrons. The number of nitrogens with one attached hydrogen (secondary N) is 1. The number of benzene rings is 1. The first-order valence-corrected chi connectivity index (χ1v) is 6.01. The first-order chi connectivity index (χ1) is 9.19. The zero-order valence-corrected chi connectivity index (χ0v) is 12.5. The Morgan fingerprint density at radius 3 is 2.57 bits per heavy atom. The largest absolute Gasteiger partial charge is 0.484 e. The molecule has 1 amide bonds. The molecule has 0 saturated carbocycles. The molecule has 0 fully saturated rings. The molecular weight excluding hydrogens is 309 g/mol. The molecule has 1 atom stereocenters. The Morgan fingerprint density at radius 1 is 1.43 bits per heavy atom. The van der Waals surface area contributed by atoms with Gasteiger partial charge in [-0.2, -0.15) is 13.2 Å². The molecule has 0 heterocycles. The fourth-order valence-electron chi connectivity index (χ4n) is 1.45.